The van der Waals surface area contributed by atoms with Crippen LogP contribution in [0.15, 0.2) is 24.5 Å². The Balaban J connectivity index is 1.76. The minimum absolute atomic E-state index is 0.266. The van der Waals surface area contributed by atoms with Crippen molar-refractivity contribution in [3.8, 4) is 11.5 Å². The maximum atomic E-state index is 12.5. The van der Waals surface area contributed by atoms with Gasteiger partial charge in [-0.2, -0.15) is 0 Å². The molecule has 0 unspecified atom stereocenters. The van der Waals surface area contributed by atoms with Crippen molar-refractivity contribution < 1.29 is 24.2 Å². The number of carbonyl (C=O) groups excluding carboxylic acids is 1. The van der Waals surface area contributed by atoms with Crippen LogP contribution in [-0.4, -0.2) is 45.0 Å². The van der Waals surface area contributed by atoms with E-state index < -0.39 is 12.6 Å². The van der Waals surface area contributed by atoms with Crippen molar-refractivity contribution in [3.63, 3.8) is 0 Å². The van der Waals surface area contributed by atoms with E-state index in [0.717, 1.165) is 12.8 Å². The second-order valence-electron chi connectivity index (χ2n) is 5.52. The van der Waals surface area contributed by atoms with E-state index in [1.54, 1.807) is 13.3 Å². The summed E-state index contributed by atoms with van der Waals surface area (Å²) >= 11 is 0. The van der Waals surface area contributed by atoms with E-state index in [1.165, 1.54) is 18.2 Å². The lowest BCUT2D eigenvalue weighted by molar-refractivity contribution is -0.139. The monoisotopic (exact) mass is 346 g/mol. The third-order valence-electron chi connectivity index (χ3n) is 3.60. The molecule has 1 aromatic carbocycles. The van der Waals surface area contributed by atoms with E-state index in [9.17, 15) is 9.59 Å². The highest BCUT2D eigenvalue weighted by molar-refractivity contribution is 6.03. The zero-order valence-electron chi connectivity index (χ0n) is 13.6. The second kappa shape index (κ2) is 7.20. The summed E-state index contributed by atoms with van der Waals surface area (Å²) in [5.74, 6) is -0.483. The van der Waals surface area contributed by atoms with Crippen LogP contribution in [0.1, 0.15) is 36.2 Å². The first kappa shape index (κ1) is 16.7. The van der Waals surface area contributed by atoms with Crippen LogP contribution < -0.4 is 14.8 Å². The predicted octanol–water partition coefficient (Wildman–Crippen LogP) is 1.73. The number of aliphatic carboxylic acids is 1. The lowest BCUT2D eigenvalue weighted by Crippen LogP contribution is -2.16. The van der Waals surface area contributed by atoms with Crippen molar-refractivity contribution in [2.75, 3.05) is 18.5 Å². The first-order chi connectivity index (χ1) is 12.1. The summed E-state index contributed by atoms with van der Waals surface area (Å²) in [6, 6.07) is 4.89. The van der Waals surface area contributed by atoms with Crippen LogP contribution in [0.3, 0.4) is 0 Å². The Bertz CT molecular complexity index is 785. The van der Waals surface area contributed by atoms with E-state index in [2.05, 4.69) is 15.5 Å². The SMILES string of the molecule is CCOc1cc(C(=O)Nc2nncn2C2CC2)ccc1OCC(=O)O. The van der Waals surface area contributed by atoms with Crippen molar-refractivity contribution in [2.24, 2.45) is 0 Å². The summed E-state index contributed by atoms with van der Waals surface area (Å²) in [4.78, 5) is 23.1. The number of aromatic nitrogens is 3. The summed E-state index contributed by atoms with van der Waals surface area (Å²) in [7, 11) is 0. The zero-order chi connectivity index (χ0) is 17.8. The number of carbonyl (C=O) groups is 2. The van der Waals surface area contributed by atoms with Crippen LogP contribution >= 0.6 is 0 Å². The molecule has 1 aromatic heterocycles. The largest absolute Gasteiger partial charge is 0.490 e. The number of hydrogen-bond donors (Lipinski definition) is 2. The fourth-order valence-electron chi connectivity index (χ4n) is 2.30. The minimum Gasteiger partial charge on any atom is -0.490 e. The van der Waals surface area contributed by atoms with Gasteiger partial charge in [-0.25, -0.2) is 4.79 Å². The molecule has 2 N–H and O–H groups in total. The van der Waals surface area contributed by atoms with Gasteiger partial charge in [0.2, 0.25) is 5.95 Å². The number of carboxylic acid groups (broad SMARTS) is 1. The van der Waals surface area contributed by atoms with Crippen molar-refractivity contribution in [3.05, 3.63) is 30.1 Å². The fraction of sp³-hybridized carbons (Fsp3) is 0.375. The molecule has 1 amide bonds. The zero-order valence-corrected chi connectivity index (χ0v) is 13.6. The number of benzene rings is 1. The molecule has 1 fully saturated rings. The van der Waals surface area contributed by atoms with Crippen LogP contribution in [0.2, 0.25) is 0 Å². The molecule has 0 atom stereocenters. The van der Waals surface area contributed by atoms with Gasteiger partial charge in [-0.15, -0.1) is 10.2 Å². The molecule has 0 spiro atoms. The maximum Gasteiger partial charge on any atom is 0.341 e. The molecular weight excluding hydrogens is 328 g/mol. The smallest absolute Gasteiger partial charge is 0.341 e. The summed E-state index contributed by atoms with van der Waals surface area (Å²) in [5, 5.41) is 19.2. The molecule has 1 saturated carbocycles. The van der Waals surface area contributed by atoms with Gasteiger partial charge in [0.25, 0.3) is 5.91 Å². The molecule has 0 saturated heterocycles. The molecule has 0 bridgehead atoms. The van der Waals surface area contributed by atoms with E-state index >= 15 is 0 Å². The fourth-order valence-corrected chi connectivity index (χ4v) is 2.30. The Morgan fingerprint density at radius 1 is 1.32 bits per heavy atom. The van der Waals surface area contributed by atoms with E-state index in [1.807, 2.05) is 4.57 Å². The average Bonchev–Trinajstić information content (AvgIpc) is 3.33. The van der Waals surface area contributed by atoms with E-state index in [4.69, 9.17) is 14.6 Å². The Hall–Kier alpha value is -3.10. The van der Waals surface area contributed by atoms with Crippen LogP contribution in [-0.2, 0) is 4.79 Å². The Morgan fingerprint density at radius 2 is 2.12 bits per heavy atom. The second-order valence-corrected chi connectivity index (χ2v) is 5.52. The standard InChI is InChI=1S/C16H18N4O5/c1-2-24-13-7-10(3-6-12(13)25-8-14(21)22)15(23)18-16-19-17-9-20(16)11-4-5-11/h3,6-7,9,11H,2,4-5,8H2,1H3,(H,21,22)(H,18,19,23). The lowest BCUT2D eigenvalue weighted by Gasteiger charge is -2.12. The van der Waals surface area contributed by atoms with Gasteiger partial charge in [0, 0.05) is 11.6 Å². The summed E-state index contributed by atoms with van der Waals surface area (Å²) in [6.45, 7) is 1.65. The highest BCUT2D eigenvalue weighted by Gasteiger charge is 2.27. The predicted molar refractivity (Wildman–Crippen MR) is 87.0 cm³/mol. The number of amides is 1. The molecule has 9 heteroatoms. The minimum atomic E-state index is -1.09. The highest BCUT2D eigenvalue weighted by Crippen LogP contribution is 2.36. The van der Waals surface area contributed by atoms with E-state index in [0.29, 0.717) is 29.9 Å². The summed E-state index contributed by atoms with van der Waals surface area (Å²) in [6.07, 6.45) is 3.69. The number of carboxylic acids is 1. The number of ether oxygens (including phenoxy) is 2. The maximum absolute atomic E-state index is 12.5. The van der Waals surface area contributed by atoms with Gasteiger partial charge in [-0.05, 0) is 38.0 Å². The Morgan fingerprint density at radius 3 is 2.80 bits per heavy atom. The molecule has 1 aliphatic rings. The summed E-state index contributed by atoms with van der Waals surface area (Å²) < 4.78 is 12.4. The van der Waals surface area contributed by atoms with Gasteiger partial charge in [0.15, 0.2) is 18.1 Å². The molecule has 25 heavy (non-hydrogen) atoms. The first-order valence-corrected chi connectivity index (χ1v) is 7.90. The molecule has 3 rings (SSSR count). The number of anilines is 1. The Labute approximate surface area is 143 Å². The van der Waals surface area contributed by atoms with Crippen LogP contribution in [0.25, 0.3) is 0 Å². The third-order valence-corrected chi connectivity index (χ3v) is 3.60. The summed E-state index contributed by atoms with van der Waals surface area (Å²) in [5.41, 5.74) is 0.344. The molecule has 9 nitrogen and oxygen atoms in total. The quantitative estimate of drug-likeness (QED) is 0.748. The molecule has 1 heterocycles. The number of rotatable bonds is 8. The molecule has 2 aromatic rings. The topological polar surface area (TPSA) is 116 Å². The van der Waals surface area contributed by atoms with Gasteiger partial charge in [0.05, 0.1) is 6.61 Å². The third kappa shape index (κ3) is 4.06. The molecule has 0 radical (unpaired) electrons. The van der Waals surface area contributed by atoms with E-state index in [-0.39, 0.29) is 11.7 Å². The highest BCUT2D eigenvalue weighted by atomic mass is 16.5. The molecule has 0 aliphatic heterocycles. The molecule has 1 aliphatic carbocycles. The number of nitrogens with one attached hydrogen (secondary N) is 1. The van der Waals surface area contributed by atoms with Crippen molar-refractivity contribution in [1.82, 2.24) is 14.8 Å². The van der Waals surface area contributed by atoms with Crippen LogP contribution in [0.5, 0.6) is 11.5 Å². The van der Waals surface area contributed by atoms with Gasteiger partial charge < -0.3 is 14.6 Å². The van der Waals surface area contributed by atoms with Crippen LogP contribution in [0.4, 0.5) is 5.95 Å². The van der Waals surface area contributed by atoms with Gasteiger partial charge in [0.1, 0.15) is 6.33 Å². The lowest BCUT2D eigenvalue weighted by atomic mass is 10.2. The van der Waals surface area contributed by atoms with Crippen molar-refractivity contribution in [1.29, 1.82) is 0 Å². The van der Waals surface area contributed by atoms with Crippen LogP contribution in [0, 0.1) is 0 Å². The first-order valence-electron chi connectivity index (χ1n) is 7.90. The van der Waals surface area contributed by atoms with Gasteiger partial charge >= 0.3 is 5.97 Å². The average molecular weight is 346 g/mol. The van der Waals surface area contributed by atoms with Gasteiger partial charge in [-0.3, -0.25) is 14.7 Å². The number of nitrogens with zero attached hydrogens (tertiary/aromatic N) is 3. The molecular formula is C16H18N4O5. The number of hydrogen-bond acceptors (Lipinski definition) is 6. The van der Waals surface area contributed by atoms with Gasteiger partial charge in [-0.1, -0.05) is 0 Å². The molecule has 132 valence electrons. The Kier molecular flexibility index (Phi) is 4.82. The normalized spacial score (nSPS) is 13.3. The van der Waals surface area contributed by atoms with Crippen molar-refractivity contribution >= 4 is 17.8 Å². The van der Waals surface area contributed by atoms with Crippen molar-refractivity contribution in [2.45, 2.75) is 25.8 Å².